The number of urea groups is 1. The van der Waals surface area contributed by atoms with Crippen molar-refractivity contribution in [3.63, 3.8) is 0 Å². The summed E-state index contributed by atoms with van der Waals surface area (Å²) in [6, 6.07) is 2.07. The van der Waals surface area contributed by atoms with E-state index < -0.39 is 16.1 Å². The molecule has 2 amide bonds. The van der Waals surface area contributed by atoms with Crippen molar-refractivity contribution in [1.29, 1.82) is 0 Å². The minimum atomic E-state index is -3.85. The average Bonchev–Trinajstić information content (AvgIpc) is 3.38. The molecule has 2 N–H and O–H groups in total. The van der Waals surface area contributed by atoms with Crippen LogP contribution >= 0.6 is 0 Å². The number of sulfonamides is 1. The smallest absolute Gasteiger partial charge is 0.333 e. The van der Waals surface area contributed by atoms with Crippen LogP contribution in [0.25, 0.3) is 0 Å². The van der Waals surface area contributed by atoms with Gasteiger partial charge in [-0.2, -0.15) is 0 Å². The Bertz CT molecular complexity index is 952. The number of nitrogens with zero attached hydrogens (tertiary/aromatic N) is 1. The fraction of sp³-hybridized carbons (Fsp3) is 0.591. The fourth-order valence-electron chi connectivity index (χ4n) is 5.35. The largest absolute Gasteiger partial charge is 0.378 e. The minimum Gasteiger partial charge on any atom is -0.378 e. The van der Waals surface area contributed by atoms with Crippen molar-refractivity contribution in [2.75, 3.05) is 25.1 Å². The molecule has 1 atom stereocenters. The molecule has 2 aliphatic heterocycles. The number of ether oxygens (including phenoxy) is 1. The Hall–Kier alpha value is -1.90. The topological polar surface area (TPSA) is 87.7 Å². The van der Waals surface area contributed by atoms with Crippen LogP contribution < -0.4 is 10.0 Å². The van der Waals surface area contributed by atoms with Crippen molar-refractivity contribution >= 4 is 21.7 Å². The molecule has 2 fully saturated rings. The average molecular weight is 432 g/mol. The van der Waals surface area contributed by atoms with Gasteiger partial charge in [-0.05, 0) is 80.2 Å². The lowest BCUT2D eigenvalue weighted by atomic mass is 9.99. The predicted molar refractivity (Wildman–Crippen MR) is 115 cm³/mol. The molecule has 7 nitrogen and oxygen atoms in total. The van der Waals surface area contributed by atoms with E-state index in [0.717, 1.165) is 69.0 Å². The Balaban J connectivity index is 1.27. The quantitative estimate of drug-likeness (QED) is 0.748. The van der Waals surface area contributed by atoms with Gasteiger partial charge in [0.15, 0.2) is 0 Å². The number of carbonyl (C=O) groups is 1. The van der Waals surface area contributed by atoms with Crippen LogP contribution in [0.5, 0.6) is 0 Å². The van der Waals surface area contributed by atoms with E-state index in [1.54, 1.807) is 6.08 Å². The van der Waals surface area contributed by atoms with Crippen molar-refractivity contribution in [2.45, 2.75) is 63.5 Å². The van der Waals surface area contributed by atoms with Gasteiger partial charge in [0.05, 0.1) is 19.3 Å². The van der Waals surface area contributed by atoms with Crippen LogP contribution in [-0.2, 0) is 40.4 Å². The SMILES string of the molecule is O=C(Nc1c2c(cc3c1CCC3)CCC2)NS(=O)(=O)/C=C/[C@H]1CCCN1C1COC1. The maximum absolute atomic E-state index is 12.6. The normalized spacial score (nSPS) is 24.1. The second-order valence-corrected chi connectivity index (χ2v) is 10.4. The summed E-state index contributed by atoms with van der Waals surface area (Å²) in [5.41, 5.74) is 5.82. The molecule has 0 saturated carbocycles. The van der Waals surface area contributed by atoms with E-state index in [1.165, 1.54) is 22.3 Å². The second-order valence-electron chi connectivity index (χ2n) is 8.80. The van der Waals surface area contributed by atoms with Gasteiger partial charge < -0.3 is 10.1 Å². The molecule has 1 aromatic rings. The molecule has 162 valence electrons. The first-order chi connectivity index (χ1) is 14.5. The van der Waals surface area contributed by atoms with Crippen molar-refractivity contribution in [2.24, 2.45) is 0 Å². The number of aryl methyl sites for hydroxylation is 2. The maximum Gasteiger partial charge on any atom is 0.333 e. The van der Waals surface area contributed by atoms with Crippen molar-refractivity contribution < 1.29 is 17.9 Å². The van der Waals surface area contributed by atoms with Crippen molar-refractivity contribution in [1.82, 2.24) is 9.62 Å². The predicted octanol–water partition coefficient (Wildman–Crippen LogP) is 2.49. The molecular formula is C22H29N3O4S. The van der Waals surface area contributed by atoms with Crippen LogP contribution in [0.15, 0.2) is 17.6 Å². The second kappa shape index (κ2) is 7.98. The molecule has 2 aliphatic carbocycles. The van der Waals surface area contributed by atoms with E-state index in [2.05, 4.69) is 21.0 Å². The third kappa shape index (κ3) is 3.88. The van der Waals surface area contributed by atoms with E-state index >= 15 is 0 Å². The molecule has 0 radical (unpaired) electrons. The molecule has 2 saturated heterocycles. The lowest BCUT2D eigenvalue weighted by Crippen LogP contribution is -2.50. The summed E-state index contributed by atoms with van der Waals surface area (Å²) in [5.74, 6) is 0. The monoisotopic (exact) mass is 431 g/mol. The summed E-state index contributed by atoms with van der Waals surface area (Å²) < 4.78 is 32.5. The number of likely N-dealkylation sites (tertiary alicyclic amines) is 1. The van der Waals surface area contributed by atoms with Crippen molar-refractivity contribution in [3.8, 4) is 0 Å². The van der Waals surface area contributed by atoms with E-state index in [-0.39, 0.29) is 6.04 Å². The van der Waals surface area contributed by atoms with Gasteiger partial charge >= 0.3 is 6.03 Å². The standard InChI is InChI=1S/C22H29N3O4S/c26-22(23-21-19-7-1-4-15(19)12-16-5-2-8-20(16)21)24-30(27,28)11-9-17-6-3-10-25(17)18-13-29-14-18/h9,11-12,17-18H,1-8,10,13-14H2,(H2,23,24,26)/b11-9+/t17-/m1/s1. The Morgan fingerprint density at radius 3 is 2.40 bits per heavy atom. The highest BCUT2D eigenvalue weighted by molar-refractivity contribution is 7.92. The number of amides is 2. The molecule has 4 aliphatic rings. The third-order valence-corrected chi connectivity index (χ3v) is 7.84. The van der Waals surface area contributed by atoms with Gasteiger partial charge in [0, 0.05) is 17.1 Å². The number of hydrogen-bond donors (Lipinski definition) is 2. The number of fused-ring (bicyclic) bond motifs is 2. The molecule has 0 unspecified atom stereocenters. The number of anilines is 1. The molecule has 0 spiro atoms. The van der Waals surface area contributed by atoms with E-state index in [9.17, 15) is 13.2 Å². The molecule has 2 heterocycles. The Kier molecular flexibility index (Phi) is 5.33. The molecule has 5 rings (SSSR count). The zero-order valence-corrected chi connectivity index (χ0v) is 18.0. The first-order valence-electron chi connectivity index (χ1n) is 11.0. The maximum atomic E-state index is 12.6. The third-order valence-electron chi connectivity index (χ3n) is 6.86. The Labute approximate surface area is 177 Å². The first kappa shape index (κ1) is 20.0. The van der Waals surface area contributed by atoms with E-state index in [0.29, 0.717) is 19.3 Å². The van der Waals surface area contributed by atoms with Crippen LogP contribution in [0, 0.1) is 0 Å². The molecule has 1 aromatic carbocycles. The molecule has 0 bridgehead atoms. The summed E-state index contributed by atoms with van der Waals surface area (Å²) in [7, 11) is -3.85. The van der Waals surface area contributed by atoms with Crippen LogP contribution in [0.2, 0.25) is 0 Å². The number of hydrogen-bond acceptors (Lipinski definition) is 5. The highest BCUT2D eigenvalue weighted by Gasteiger charge is 2.33. The van der Waals surface area contributed by atoms with Gasteiger partial charge in [-0.1, -0.05) is 12.1 Å². The van der Waals surface area contributed by atoms with E-state index in [4.69, 9.17) is 4.74 Å². The Morgan fingerprint density at radius 1 is 1.07 bits per heavy atom. The number of benzene rings is 1. The first-order valence-corrected chi connectivity index (χ1v) is 12.6. The summed E-state index contributed by atoms with van der Waals surface area (Å²) in [6.07, 6.45) is 9.78. The lowest BCUT2D eigenvalue weighted by Gasteiger charge is -2.37. The van der Waals surface area contributed by atoms with Gasteiger partial charge in [-0.25, -0.2) is 17.9 Å². The molecule has 30 heavy (non-hydrogen) atoms. The van der Waals surface area contributed by atoms with Crippen molar-refractivity contribution in [3.05, 3.63) is 39.8 Å². The molecule has 0 aromatic heterocycles. The van der Waals surface area contributed by atoms with Gasteiger partial charge in [-0.15, -0.1) is 0 Å². The number of carbonyl (C=O) groups excluding carboxylic acids is 1. The lowest BCUT2D eigenvalue weighted by molar-refractivity contribution is -0.0642. The van der Waals surface area contributed by atoms with Gasteiger partial charge in [0.2, 0.25) is 0 Å². The summed E-state index contributed by atoms with van der Waals surface area (Å²) in [5, 5.41) is 4.03. The summed E-state index contributed by atoms with van der Waals surface area (Å²) >= 11 is 0. The van der Waals surface area contributed by atoms with E-state index in [1.807, 2.05) is 0 Å². The zero-order chi connectivity index (χ0) is 20.7. The molecular weight excluding hydrogens is 402 g/mol. The van der Waals surface area contributed by atoms with Gasteiger partial charge in [0.1, 0.15) is 0 Å². The highest BCUT2D eigenvalue weighted by Crippen LogP contribution is 2.38. The highest BCUT2D eigenvalue weighted by atomic mass is 32.2. The molecule has 8 heteroatoms. The van der Waals surface area contributed by atoms with Crippen LogP contribution in [0.4, 0.5) is 10.5 Å². The van der Waals surface area contributed by atoms with Crippen LogP contribution in [0.3, 0.4) is 0 Å². The zero-order valence-electron chi connectivity index (χ0n) is 17.2. The summed E-state index contributed by atoms with van der Waals surface area (Å²) in [4.78, 5) is 14.9. The van der Waals surface area contributed by atoms with Crippen LogP contribution in [-0.4, -0.2) is 51.2 Å². The summed E-state index contributed by atoms with van der Waals surface area (Å²) in [6.45, 7) is 2.38. The van der Waals surface area contributed by atoms with Gasteiger partial charge in [0.25, 0.3) is 10.0 Å². The fourth-order valence-corrected chi connectivity index (χ4v) is 6.12. The van der Waals surface area contributed by atoms with Crippen LogP contribution in [0.1, 0.15) is 47.9 Å². The van der Waals surface area contributed by atoms with Gasteiger partial charge in [-0.3, -0.25) is 4.90 Å². The number of nitrogens with one attached hydrogen (secondary N) is 2. The Morgan fingerprint density at radius 2 is 1.77 bits per heavy atom. The minimum absolute atomic E-state index is 0.0826. The number of rotatable bonds is 5.